The van der Waals surface area contributed by atoms with Crippen molar-refractivity contribution in [3.8, 4) is 0 Å². The van der Waals surface area contributed by atoms with Gasteiger partial charge in [-0.25, -0.2) is 0 Å². The van der Waals surface area contributed by atoms with Crippen LogP contribution in [0.3, 0.4) is 0 Å². The molecule has 0 bridgehead atoms. The Kier molecular flexibility index (Phi) is 4.11. The fourth-order valence-corrected chi connectivity index (χ4v) is 3.01. The molecular weight excluding hydrogens is 309 g/mol. The monoisotopic (exact) mass is 329 g/mol. The number of benzene rings is 1. The Hall–Kier alpha value is -0.250. The number of rotatable bonds is 3. The van der Waals surface area contributed by atoms with Crippen LogP contribution < -0.4 is 5.32 Å². The summed E-state index contributed by atoms with van der Waals surface area (Å²) < 4.78 is 1.35. The molecule has 1 fully saturated rings. The summed E-state index contributed by atoms with van der Waals surface area (Å²) in [5, 5.41) is 3.67. The number of hydrogen-bond donors (Lipinski definition) is 1. The van der Waals surface area contributed by atoms with E-state index in [9.17, 15) is 0 Å². The van der Waals surface area contributed by atoms with E-state index in [1.807, 2.05) is 0 Å². The first kappa shape index (κ1) is 12.2. The fraction of sp³-hybridized carbons (Fsp3) is 0.571. The molecule has 2 rings (SSSR count). The van der Waals surface area contributed by atoms with Crippen molar-refractivity contribution in [3.63, 3.8) is 0 Å². The Bertz CT molecular complexity index is 362. The molecule has 0 radical (unpaired) electrons. The summed E-state index contributed by atoms with van der Waals surface area (Å²) in [6.45, 7) is 4.47. The number of hydrogen-bond acceptors (Lipinski definition) is 1. The van der Waals surface area contributed by atoms with Crippen LogP contribution in [0.4, 0.5) is 5.69 Å². The van der Waals surface area contributed by atoms with Crippen LogP contribution in [0.1, 0.15) is 38.2 Å². The highest BCUT2D eigenvalue weighted by Gasteiger charge is 2.22. The molecule has 0 aromatic heterocycles. The number of aryl methyl sites for hydroxylation is 1. The van der Waals surface area contributed by atoms with Crippen molar-refractivity contribution >= 4 is 28.3 Å². The van der Waals surface area contributed by atoms with Gasteiger partial charge in [0.2, 0.25) is 0 Å². The van der Waals surface area contributed by atoms with Crippen LogP contribution in [0.25, 0.3) is 0 Å². The third kappa shape index (κ3) is 2.90. The molecule has 16 heavy (non-hydrogen) atoms. The molecule has 88 valence electrons. The maximum Gasteiger partial charge on any atom is 0.0353 e. The molecule has 0 aliphatic heterocycles. The van der Waals surface area contributed by atoms with E-state index in [1.54, 1.807) is 0 Å². The van der Waals surface area contributed by atoms with Crippen LogP contribution >= 0.6 is 22.6 Å². The highest BCUT2D eigenvalue weighted by Crippen LogP contribution is 2.30. The highest BCUT2D eigenvalue weighted by atomic mass is 127. The molecule has 1 aliphatic carbocycles. The summed E-state index contributed by atoms with van der Waals surface area (Å²) >= 11 is 2.41. The summed E-state index contributed by atoms with van der Waals surface area (Å²) in [7, 11) is 0. The van der Waals surface area contributed by atoms with Crippen LogP contribution in [0.15, 0.2) is 18.2 Å². The van der Waals surface area contributed by atoms with Crippen molar-refractivity contribution < 1.29 is 0 Å². The molecule has 0 saturated heterocycles. The normalized spacial score (nSPS) is 24.7. The Labute approximate surface area is 112 Å². The van der Waals surface area contributed by atoms with Crippen molar-refractivity contribution in [1.29, 1.82) is 0 Å². The van der Waals surface area contributed by atoms with Gasteiger partial charge in [-0.1, -0.05) is 19.4 Å². The lowest BCUT2D eigenvalue weighted by Crippen LogP contribution is -2.15. The van der Waals surface area contributed by atoms with Crippen LogP contribution in [0.2, 0.25) is 0 Å². The van der Waals surface area contributed by atoms with E-state index in [0.717, 1.165) is 5.92 Å². The molecule has 2 atom stereocenters. The molecule has 1 saturated carbocycles. The average Bonchev–Trinajstić information content (AvgIpc) is 2.71. The average molecular weight is 329 g/mol. The summed E-state index contributed by atoms with van der Waals surface area (Å²) in [6.07, 6.45) is 5.42. The quantitative estimate of drug-likeness (QED) is 0.800. The van der Waals surface area contributed by atoms with E-state index in [4.69, 9.17) is 0 Å². The largest absolute Gasteiger partial charge is 0.382 e. The number of halogens is 1. The second-order valence-corrected chi connectivity index (χ2v) is 6.05. The van der Waals surface area contributed by atoms with Gasteiger partial charge in [0.25, 0.3) is 0 Å². The van der Waals surface area contributed by atoms with Crippen molar-refractivity contribution in [2.45, 2.75) is 45.6 Å². The summed E-state index contributed by atoms with van der Waals surface area (Å²) in [5.41, 5.74) is 2.65. The van der Waals surface area contributed by atoms with Gasteiger partial charge in [-0.05, 0) is 72.4 Å². The zero-order chi connectivity index (χ0) is 11.5. The van der Waals surface area contributed by atoms with Crippen molar-refractivity contribution in [2.24, 2.45) is 5.92 Å². The van der Waals surface area contributed by atoms with Gasteiger partial charge in [0, 0.05) is 15.3 Å². The predicted molar refractivity (Wildman–Crippen MR) is 78.9 cm³/mol. The van der Waals surface area contributed by atoms with Crippen LogP contribution in [0.5, 0.6) is 0 Å². The van der Waals surface area contributed by atoms with Gasteiger partial charge in [-0.3, -0.25) is 0 Å². The van der Waals surface area contributed by atoms with E-state index >= 15 is 0 Å². The molecule has 1 aromatic carbocycles. The van der Waals surface area contributed by atoms with Gasteiger partial charge < -0.3 is 5.32 Å². The van der Waals surface area contributed by atoms with Crippen LogP contribution in [0, 0.1) is 16.4 Å². The van der Waals surface area contributed by atoms with Gasteiger partial charge in [-0.15, -0.1) is 0 Å². The van der Waals surface area contributed by atoms with Gasteiger partial charge in [0.1, 0.15) is 0 Å². The van der Waals surface area contributed by atoms with Crippen molar-refractivity contribution in [3.05, 3.63) is 27.3 Å². The van der Waals surface area contributed by atoms with E-state index in [-0.39, 0.29) is 0 Å². The molecule has 1 aliphatic rings. The van der Waals surface area contributed by atoms with Gasteiger partial charge in [0.15, 0.2) is 0 Å². The summed E-state index contributed by atoms with van der Waals surface area (Å²) in [6, 6.07) is 7.37. The van der Waals surface area contributed by atoms with E-state index in [2.05, 4.69) is 60.0 Å². The Balaban J connectivity index is 1.97. The number of nitrogens with one attached hydrogen (secondary N) is 1. The predicted octanol–water partition coefficient (Wildman–Crippen LogP) is 4.59. The minimum Gasteiger partial charge on any atom is -0.382 e. The minimum atomic E-state index is 0.698. The smallest absolute Gasteiger partial charge is 0.0353 e. The lowest BCUT2D eigenvalue weighted by molar-refractivity contribution is 0.525. The zero-order valence-electron chi connectivity index (χ0n) is 10.1. The highest BCUT2D eigenvalue weighted by molar-refractivity contribution is 14.1. The molecule has 1 N–H and O–H groups in total. The zero-order valence-corrected chi connectivity index (χ0v) is 12.3. The first-order valence-electron chi connectivity index (χ1n) is 6.21. The van der Waals surface area contributed by atoms with E-state index < -0.39 is 0 Å². The standard InChI is InChI=1S/C14H20IN/c1-3-11-5-7-12(8-11)16-13-6-4-10(2)14(15)9-13/h4,6,9,11-12,16H,3,5,7-8H2,1-2H3. The Morgan fingerprint density at radius 3 is 2.81 bits per heavy atom. The SMILES string of the molecule is CCC1CCC(Nc2ccc(C)c(I)c2)C1. The molecule has 2 unspecified atom stereocenters. The Morgan fingerprint density at radius 2 is 2.19 bits per heavy atom. The first-order valence-corrected chi connectivity index (χ1v) is 7.29. The van der Waals surface area contributed by atoms with Crippen LogP contribution in [-0.4, -0.2) is 6.04 Å². The molecule has 1 nitrogen and oxygen atoms in total. The lowest BCUT2D eigenvalue weighted by Gasteiger charge is -2.15. The minimum absolute atomic E-state index is 0.698. The molecule has 0 heterocycles. The maximum atomic E-state index is 3.67. The summed E-state index contributed by atoms with van der Waals surface area (Å²) in [5.74, 6) is 0.946. The fourth-order valence-electron chi connectivity index (χ4n) is 2.50. The molecule has 1 aromatic rings. The maximum absolute atomic E-state index is 3.67. The van der Waals surface area contributed by atoms with Gasteiger partial charge >= 0.3 is 0 Å². The second kappa shape index (κ2) is 5.39. The van der Waals surface area contributed by atoms with Crippen LogP contribution in [-0.2, 0) is 0 Å². The molecule has 0 amide bonds. The van der Waals surface area contributed by atoms with Crippen molar-refractivity contribution in [2.75, 3.05) is 5.32 Å². The first-order chi connectivity index (χ1) is 7.69. The van der Waals surface area contributed by atoms with Gasteiger partial charge in [-0.2, -0.15) is 0 Å². The van der Waals surface area contributed by atoms with E-state index in [1.165, 1.54) is 40.5 Å². The Morgan fingerprint density at radius 1 is 1.38 bits per heavy atom. The topological polar surface area (TPSA) is 12.0 Å². The van der Waals surface area contributed by atoms with Crippen molar-refractivity contribution in [1.82, 2.24) is 0 Å². The summed E-state index contributed by atoms with van der Waals surface area (Å²) in [4.78, 5) is 0. The lowest BCUT2D eigenvalue weighted by atomic mass is 10.1. The van der Waals surface area contributed by atoms with E-state index in [0.29, 0.717) is 6.04 Å². The molecular formula is C14H20IN. The number of anilines is 1. The molecule has 0 spiro atoms. The molecule has 2 heteroatoms. The third-order valence-corrected chi connectivity index (χ3v) is 4.82. The van der Waals surface area contributed by atoms with Gasteiger partial charge in [0.05, 0.1) is 0 Å². The third-order valence-electron chi connectivity index (χ3n) is 3.66. The second-order valence-electron chi connectivity index (χ2n) is 4.89.